The highest BCUT2D eigenvalue weighted by Gasteiger charge is 2.49. The monoisotopic (exact) mass is 348 g/mol. The lowest BCUT2D eigenvalue weighted by molar-refractivity contribution is -0.134. The molecular weight excluding hydrogens is 320 g/mol. The zero-order valence-corrected chi connectivity index (χ0v) is 15.5. The highest BCUT2D eigenvalue weighted by molar-refractivity contribution is 5.86. The number of aliphatic hydroxyl groups excluding tert-OH is 2. The van der Waals surface area contributed by atoms with Crippen LogP contribution >= 0.6 is 0 Å². The molecule has 2 aliphatic carbocycles. The minimum Gasteiger partial charge on any atom is -0.506 e. The van der Waals surface area contributed by atoms with Crippen LogP contribution in [0.4, 0.5) is 0 Å². The van der Waals surface area contributed by atoms with Gasteiger partial charge >= 0.3 is 0 Å². The standard InChI is InChI=1S/C20H28O5/c1-11(2)14-10-13-7-6-12(3)15(8-9-16(21)19(4,5)24)20(13,25)18(23)17(14)22/h6-7,10-11,15,22-25H,8-9H2,1-5H3. The lowest BCUT2D eigenvalue weighted by atomic mass is 9.67. The quantitative estimate of drug-likeness (QED) is 0.611. The summed E-state index contributed by atoms with van der Waals surface area (Å²) in [5.41, 5.74) is -1.34. The molecule has 2 atom stereocenters. The molecule has 0 spiro atoms. The predicted octanol–water partition coefficient (Wildman–Crippen LogP) is 3.26. The van der Waals surface area contributed by atoms with Crippen molar-refractivity contribution >= 4 is 5.78 Å². The van der Waals surface area contributed by atoms with Gasteiger partial charge in [0.05, 0.1) is 0 Å². The number of carbonyl (C=O) groups excluding carboxylic acids is 1. The SMILES string of the molecule is CC1=CC=C2C=C(C(C)C)C(O)=C(O)C2(O)C1CCC(=O)C(C)(C)O. The van der Waals surface area contributed by atoms with E-state index >= 15 is 0 Å². The Kier molecular flexibility index (Phi) is 5.04. The van der Waals surface area contributed by atoms with E-state index in [4.69, 9.17) is 0 Å². The molecule has 25 heavy (non-hydrogen) atoms. The summed E-state index contributed by atoms with van der Waals surface area (Å²) < 4.78 is 0. The molecule has 0 radical (unpaired) electrons. The second-order valence-corrected chi connectivity index (χ2v) is 7.82. The average molecular weight is 348 g/mol. The van der Waals surface area contributed by atoms with Crippen molar-refractivity contribution in [2.24, 2.45) is 11.8 Å². The van der Waals surface area contributed by atoms with E-state index in [1.165, 1.54) is 13.8 Å². The van der Waals surface area contributed by atoms with Gasteiger partial charge in [0, 0.05) is 17.9 Å². The van der Waals surface area contributed by atoms with Crippen molar-refractivity contribution in [1.29, 1.82) is 0 Å². The number of aliphatic hydroxyl groups is 4. The summed E-state index contributed by atoms with van der Waals surface area (Å²) in [5, 5.41) is 42.1. The van der Waals surface area contributed by atoms with Gasteiger partial charge in [-0.2, -0.15) is 0 Å². The van der Waals surface area contributed by atoms with Gasteiger partial charge in [0.15, 0.2) is 22.9 Å². The molecule has 0 aromatic rings. The Morgan fingerprint density at radius 1 is 1.28 bits per heavy atom. The highest BCUT2D eigenvalue weighted by atomic mass is 16.4. The third-order valence-corrected chi connectivity index (χ3v) is 5.15. The first kappa shape index (κ1) is 19.5. The Labute approximate surface area is 148 Å². The number of carbonyl (C=O) groups is 1. The molecule has 2 rings (SSSR count). The van der Waals surface area contributed by atoms with Crippen molar-refractivity contribution in [3.63, 3.8) is 0 Å². The van der Waals surface area contributed by atoms with E-state index in [-0.39, 0.29) is 30.3 Å². The fraction of sp³-hybridized carbons (Fsp3) is 0.550. The molecule has 138 valence electrons. The van der Waals surface area contributed by atoms with Crippen LogP contribution in [-0.4, -0.2) is 37.4 Å². The lowest BCUT2D eigenvalue weighted by Crippen LogP contribution is -2.46. The fourth-order valence-corrected chi connectivity index (χ4v) is 3.47. The molecule has 0 aliphatic heterocycles. The van der Waals surface area contributed by atoms with Crippen molar-refractivity contribution in [1.82, 2.24) is 0 Å². The first-order valence-corrected chi connectivity index (χ1v) is 8.62. The number of ketones is 1. The zero-order chi connectivity index (χ0) is 19.2. The third-order valence-electron chi connectivity index (χ3n) is 5.15. The Balaban J connectivity index is 2.41. The lowest BCUT2D eigenvalue weighted by Gasteiger charge is -2.42. The smallest absolute Gasteiger partial charge is 0.171 e. The van der Waals surface area contributed by atoms with Crippen LogP contribution in [0.3, 0.4) is 0 Å². The van der Waals surface area contributed by atoms with E-state index in [0.29, 0.717) is 11.1 Å². The minimum absolute atomic E-state index is 0.0187. The van der Waals surface area contributed by atoms with Gasteiger partial charge in [-0.25, -0.2) is 0 Å². The molecule has 0 amide bonds. The third kappa shape index (κ3) is 3.31. The van der Waals surface area contributed by atoms with Gasteiger partial charge in [-0.15, -0.1) is 0 Å². The number of rotatable bonds is 5. The van der Waals surface area contributed by atoms with Crippen molar-refractivity contribution in [2.45, 2.75) is 58.7 Å². The van der Waals surface area contributed by atoms with E-state index in [1.54, 1.807) is 12.2 Å². The maximum Gasteiger partial charge on any atom is 0.171 e. The molecule has 5 heteroatoms. The van der Waals surface area contributed by atoms with Gasteiger partial charge < -0.3 is 20.4 Å². The summed E-state index contributed by atoms with van der Waals surface area (Å²) in [6.45, 7) is 8.46. The van der Waals surface area contributed by atoms with Crippen LogP contribution in [0.2, 0.25) is 0 Å². The highest BCUT2D eigenvalue weighted by Crippen LogP contribution is 2.47. The first-order valence-electron chi connectivity index (χ1n) is 8.62. The number of allylic oxidation sites excluding steroid dienone is 3. The Bertz CT molecular complexity index is 700. The topological polar surface area (TPSA) is 98.0 Å². The van der Waals surface area contributed by atoms with Crippen molar-refractivity contribution < 1.29 is 25.2 Å². The molecule has 0 aromatic heterocycles. The molecule has 0 heterocycles. The normalized spacial score (nSPS) is 26.9. The molecule has 0 saturated carbocycles. The second-order valence-electron chi connectivity index (χ2n) is 7.82. The Morgan fingerprint density at radius 3 is 2.40 bits per heavy atom. The molecule has 4 N–H and O–H groups in total. The van der Waals surface area contributed by atoms with E-state index in [0.717, 1.165) is 5.57 Å². The van der Waals surface area contributed by atoms with Crippen LogP contribution in [0.25, 0.3) is 0 Å². The van der Waals surface area contributed by atoms with Crippen molar-refractivity contribution in [3.05, 3.63) is 46.5 Å². The molecular formula is C20H28O5. The predicted molar refractivity (Wildman–Crippen MR) is 96.0 cm³/mol. The summed E-state index contributed by atoms with van der Waals surface area (Å²) in [6, 6.07) is 0. The van der Waals surface area contributed by atoms with Gasteiger partial charge in [0.1, 0.15) is 5.60 Å². The van der Waals surface area contributed by atoms with E-state index in [1.807, 2.05) is 26.8 Å². The molecule has 2 aliphatic rings. The van der Waals surface area contributed by atoms with Gasteiger partial charge in [0.2, 0.25) is 0 Å². The maximum absolute atomic E-state index is 12.1. The molecule has 5 nitrogen and oxygen atoms in total. The van der Waals surface area contributed by atoms with Crippen molar-refractivity contribution in [2.75, 3.05) is 0 Å². The van der Waals surface area contributed by atoms with Crippen LogP contribution < -0.4 is 0 Å². The van der Waals surface area contributed by atoms with Crippen LogP contribution in [0.5, 0.6) is 0 Å². The minimum atomic E-state index is -1.76. The summed E-state index contributed by atoms with van der Waals surface area (Å²) in [4.78, 5) is 12.1. The molecule has 0 saturated heterocycles. The molecule has 0 fully saturated rings. The van der Waals surface area contributed by atoms with Gasteiger partial charge in [-0.3, -0.25) is 4.79 Å². The zero-order valence-electron chi connectivity index (χ0n) is 15.5. The average Bonchev–Trinajstić information content (AvgIpc) is 2.50. The summed E-state index contributed by atoms with van der Waals surface area (Å²) in [5.74, 6) is -1.69. The van der Waals surface area contributed by atoms with Crippen molar-refractivity contribution in [3.8, 4) is 0 Å². The van der Waals surface area contributed by atoms with E-state index in [9.17, 15) is 25.2 Å². The van der Waals surface area contributed by atoms with E-state index < -0.39 is 22.9 Å². The summed E-state index contributed by atoms with van der Waals surface area (Å²) in [7, 11) is 0. The number of hydrogen-bond donors (Lipinski definition) is 4. The van der Waals surface area contributed by atoms with Crippen LogP contribution in [-0.2, 0) is 4.79 Å². The van der Waals surface area contributed by atoms with E-state index in [2.05, 4.69) is 0 Å². The van der Waals surface area contributed by atoms with Gasteiger partial charge in [0.25, 0.3) is 0 Å². The Morgan fingerprint density at radius 2 is 1.88 bits per heavy atom. The maximum atomic E-state index is 12.1. The number of fused-ring (bicyclic) bond motifs is 1. The first-order chi connectivity index (χ1) is 11.4. The molecule has 2 unspecified atom stereocenters. The summed E-state index contributed by atoms with van der Waals surface area (Å²) in [6.07, 6.45) is 5.60. The summed E-state index contributed by atoms with van der Waals surface area (Å²) >= 11 is 0. The second kappa shape index (κ2) is 6.46. The Hall–Kier alpha value is -1.85. The number of hydrogen-bond acceptors (Lipinski definition) is 5. The van der Waals surface area contributed by atoms with Crippen LogP contribution in [0.15, 0.2) is 46.5 Å². The fourth-order valence-electron chi connectivity index (χ4n) is 3.47. The largest absolute Gasteiger partial charge is 0.506 e. The van der Waals surface area contributed by atoms with Crippen LogP contribution in [0, 0.1) is 11.8 Å². The number of Topliss-reactive ketones (excluding diaryl/α,β-unsaturated/α-hetero) is 1. The van der Waals surface area contributed by atoms with Gasteiger partial charge in [-0.1, -0.05) is 31.6 Å². The van der Waals surface area contributed by atoms with Gasteiger partial charge in [-0.05, 0) is 44.8 Å². The molecule has 0 aromatic carbocycles. The molecule has 0 bridgehead atoms. The van der Waals surface area contributed by atoms with Crippen LogP contribution in [0.1, 0.15) is 47.5 Å².